The molecule has 0 radical (unpaired) electrons. The third-order valence-electron chi connectivity index (χ3n) is 5.64. The first kappa shape index (κ1) is 37.4. The summed E-state index contributed by atoms with van der Waals surface area (Å²) in [5.41, 5.74) is 8.19. The molecular formula is C27H30F6N4O7. The number of alkyl halides is 6. The molecule has 5 N–H and O–H groups in total. The van der Waals surface area contributed by atoms with Gasteiger partial charge in [0.25, 0.3) is 0 Å². The third-order valence-corrected chi connectivity index (χ3v) is 5.64. The van der Waals surface area contributed by atoms with E-state index in [-0.39, 0.29) is 18.5 Å². The van der Waals surface area contributed by atoms with Gasteiger partial charge in [-0.3, -0.25) is 10.2 Å². The summed E-state index contributed by atoms with van der Waals surface area (Å²) in [6, 6.07) is 14.0. The Morgan fingerprint density at radius 2 is 1.43 bits per heavy atom. The zero-order valence-corrected chi connectivity index (χ0v) is 23.4. The molecule has 1 fully saturated rings. The maximum Gasteiger partial charge on any atom is 0.490 e. The highest BCUT2D eigenvalue weighted by atomic mass is 19.4. The number of nitrogens with zero attached hydrogens (tertiary/aromatic N) is 2. The van der Waals surface area contributed by atoms with Crippen molar-refractivity contribution in [2.24, 2.45) is 5.73 Å². The maximum atomic E-state index is 12.5. The van der Waals surface area contributed by atoms with Gasteiger partial charge in [0.15, 0.2) is 0 Å². The molecule has 1 aliphatic rings. The zero-order chi connectivity index (χ0) is 33.8. The van der Waals surface area contributed by atoms with E-state index in [1.165, 1.54) is 11.8 Å². The number of aliphatic carboxylic acids is 2. The van der Waals surface area contributed by atoms with Gasteiger partial charge in [-0.05, 0) is 61.7 Å². The van der Waals surface area contributed by atoms with Crippen LogP contribution in [0.3, 0.4) is 0 Å². The van der Waals surface area contributed by atoms with Crippen LogP contribution in [0.25, 0.3) is 0 Å². The van der Waals surface area contributed by atoms with Crippen molar-refractivity contribution in [3.05, 3.63) is 59.7 Å². The number of nitrogens with two attached hydrogens (primary N) is 1. The third kappa shape index (κ3) is 12.7. The van der Waals surface area contributed by atoms with E-state index in [9.17, 15) is 35.9 Å². The topological polar surface area (TPSA) is 174 Å². The number of hydrogen-bond acceptors (Lipinski definition) is 7. The van der Waals surface area contributed by atoms with Crippen LogP contribution in [0.4, 0.5) is 32.0 Å². The van der Waals surface area contributed by atoms with E-state index in [1.54, 1.807) is 36.4 Å². The number of ether oxygens (including phenoxy) is 1. The predicted molar refractivity (Wildman–Crippen MR) is 144 cm³/mol. The molecule has 2 aromatic carbocycles. The van der Waals surface area contributed by atoms with Gasteiger partial charge in [0.2, 0.25) is 5.91 Å². The molecule has 17 heteroatoms. The largest absolute Gasteiger partial charge is 0.490 e. The number of carbonyl (C=O) groups excluding carboxylic acids is 2. The number of hydrogen-bond donors (Lipinski definition) is 4. The van der Waals surface area contributed by atoms with E-state index in [0.29, 0.717) is 17.3 Å². The Kier molecular flexibility index (Phi) is 13.8. The average Bonchev–Trinajstić information content (AvgIpc) is 3.46. The van der Waals surface area contributed by atoms with Gasteiger partial charge in [0.05, 0.1) is 0 Å². The average molecular weight is 637 g/mol. The molecule has 44 heavy (non-hydrogen) atoms. The molecule has 1 heterocycles. The Morgan fingerprint density at radius 3 is 1.84 bits per heavy atom. The molecule has 0 bridgehead atoms. The lowest BCUT2D eigenvalue weighted by Gasteiger charge is -2.21. The lowest BCUT2D eigenvalue weighted by atomic mass is 10.1. The van der Waals surface area contributed by atoms with Crippen LogP contribution in [-0.2, 0) is 19.2 Å². The van der Waals surface area contributed by atoms with Crippen LogP contribution in [0.2, 0.25) is 0 Å². The quantitative estimate of drug-likeness (QED) is 0.118. The van der Waals surface area contributed by atoms with Crippen LogP contribution in [0, 0.1) is 5.41 Å². The zero-order valence-electron chi connectivity index (χ0n) is 23.4. The van der Waals surface area contributed by atoms with E-state index >= 15 is 0 Å². The van der Waals surface area contributed by atoms with Crippen molar-refractivity contribution in [2.45, 2.75) is 45.1 Å². The van der Waals surface area contributed by atoms with Crippen molar-refractivity contribution in [1.82, 2.24) is 4.90 Å². The first-order valence-corrected chi connectivity index (χ1v) is 12.6. The lowest BCUT2D eigenvalue weighted by Crippen LogP contribution is -2.36. The molecule has 0 saturated carbocycles. The van der Waals surface area contributed by atoms with Crippen molar-refractivity contribution >= 4 is 35.3 Å². The fourth-order valence-corrected chi connectivity index (χ4v) is 3.46. The Morgan fingerprint density at radius 1 is 0.955 bits per heavy atom. The van der Waals surface area contributed by atoms with Gasteiger partial charge in [0, 0.05) is 37.3 Å². The number of carbonyl (C=O) groups is 4. The normalized spacial score (nSPS) is 13.3. The Bertz CT molecular complexity index is 1290. The SMILES string of the molecule is CC(=O)N(CC(=O)Oc1ccc(C(=N)N2CCCC2)cc1)c1cccc(C(C)N)c1.O=C(O)C(F)(F)F.O=C(O)C(F)(F)F. The molecule has 2 aromatic rings. The molecule has 0 aromatic heterocycles. The number of likely N-dealkylation sites (tertiary alicyclic amines) is 1. The number of carboxylic acid groups (broad SMARTS) is 2. The molecule has 1 amide bonds. The second-order valence-electron chi connectivity index (χ2n) is 9.14. The molecule has 0 spiro atoms. The summed E-state index contributed by atoms with van der Waals surface area (Å²) < 4.78 is 68.9. The highest BCUT2D eigenvalue weighted by Gasteiger charge is 2.38. The first-order valence-electron chi connectivity index (χ1n) is 12.6. The highest BCUT2D eigenvalue weighted by Crippen LogP contribution is 2.21. The van der Waals surface area contributed by atoms with Crippen molar-refractivity contribution in [1.29, 1.82) is 5.41 Å². The molecule has 1 aliphatic heterocycles. The molecule has 0 aliphatic carbocycles. The smallest absolute Gasteiger partial charge is 0.475 e. The summed E-state index contributed by atoms with van der Waals surface area (Å²) >= 11 is 0. The molecule has 11 nitrogen and oxygen atoms in total. The van der Waals surface area contributed by atoms with E-state index in [4.69, 9.17) is 35.7 Å². The van der Waals surface area contributed by atoms with Crippen molar-refractivity contribution in [3.8, 4) is 5.75 Å². The second-order valence-corrected chi connectivity index (χ2v) is 9.14. The number of amidine groups is 1. The number of carboxylic acids is 2. The minimum Gasteiger partial charge on any atom is -0.475 e. The van der Waals surface area contributed by atoms with Gasteiger partial charge in [-0.1, -0.05) is 12.1 Å². The summed E-state index contributed by atoms with van der Waals surface area (Å²) in [5.74, 6) is -5.45. The van der Waals surface area contributed by atoms with Crippen molar-refractivity contribution < 1.29 is 60.5 Å². The van der Waals surface area contributed by atoms with E-state index in [0.717, 1.165) is 37.1 Å². The number of esters is 1. The van der Waals surface area contributed by atoms with Gasteiger partial charge in [-0.2, -0.15) is 26.3 Å². The van der Waals surface area contributed by atoms with Gasteiger partial charge in [0.1, 0.15) is 18.1 Å². The molecule has 1 unspecified atom stereocenters. The Balaban J connectivity index is 0.000000574. The predicted octanol–water partition coefficient (Wildman–Crippen LogP) is 4.35. The van der Waals surface area contributed by atoms with Crippen LogP contribution in [0.1, 0.15) is 43.9 Å². The molecule has 3 rings (SSSR count). The van der Waals surface area contributed by atoms with Crippen molar-refractivity contribution in [2.75, 3.05) is 24.5 Å². The minimum absolute atomic E-state index is 0.177. The van der Waals surface area contributed by atoms with Crippen LogP contribution >= 0.6 is 0 Å². The van der Waals surface area contributed by atoms with Gasteiger partial charge in [-0.15, -0.1) is 0 Å². The summed E-state index contributed by atoms with van der Waals surface area (Å²) in [7, 11) is 0. The Hall–Kier alpha value is -4.67. The number of halogens is 6. The maximum absolute atomic E-state index is 12.5. The van der Waals surface area contributed by atoms with Crippen molar-refractivity contribution in [3.63, 3.8) is 0 Å². The van der Waals surface area contributed by atoms with Gasteiger partial charge >= 0.3 is 30.3 Å². The van der Waals surface area contributed by atoms with Crippen LogP contribution in [0.5, 0.6) is 5.75 Å². The number of benzene rings is 2. The molecular weight excluding hydrogens is 606 g/mol. The minimum atomic E-state index is -5.08. The number of amides is 1. The molecule has 1 atom stereocenters. The van der Waals surface area contributed by atoms with Crippen LogP contribution in [0.15, 0.2) is 48.5 Å². The van der Waals surface area contributed by atoms with E-state index in [2.05, 4.69) is 0 Å². The molecule has 1 saturated heterocycles. The fourth-order valence-electron chi connectivity index (χ4n) is 3.46. The van der Waals surface area contributed by atoms with E-state index < -0.39 is 30.3 Å². The lowest BCUT2D eigenvalue weighted by molar-refractivity contribution is -0.193. The number of rotatable bonds is 6. The number of anilines is 1. The van der Waals surface area contributed by atoms with Gasteiger partial charge in [-0.25, -0.2) is 14.4 Å². The van der Waals surface area contributed by atoms with Crippen LogP contribution in [-0.4, -0.2) is 76.8 Å². The molecule has 242 valence electrons. The van der Waals surface area contributed by atoms with Crippen LogP contribution < -0.4 is 15.4 Å². The Labute approximate surface area is 247 Å². The number of nitrogens with one attached hydrogen (secondary N) is 1. The summed E-state index contributed by atoms with van der Waals surface area (Å²) in [5, 5.41) is 22.5. The summed E-state index contributed by atoms with van der Waals surface area (Å²) in [6.07, 6.45) is -7.95. The van der Waals surface area contributed by atoms with E-state index in [1.807, 2.05) is 24.0 Å². The summed E-state index contributed by atoms with van der Waals surface area (Å²) in [4.78, 5) is 45.8. The fraction of sp³-hybridized carbons (Fsp3) is 0.370. The second kappa shape index (κ2) is 16.3. The standard InChI is InChI=1S/C23H28N4O3.2C2HF3O2/c1-16(24)19-6-5-7-20(14-19)27(17(2)28)15-22(29)30-21-10-8-18(9-11-21)23(25)26-12-3-4-13-26;2*3-2(4,5)1(6)7/h5-11,14,16,25H,3-4,12-13,15,24H2,1-2H3;2*(H,6,7). The highest BCUT2D eigenvalue weighted by molar-refractivity contribution is 5.97. The summed E-state index contributed by atoms with van der Waals surface area (Å²) in [6.45, 7) is 4.87. The monoisotopic (exact) mass is 636 g/mol. The van der Waals surface area contributed by atoms with Gasteiger partial charge < -0.3 is 30.5 Å². The first-order chi connectivity index (χ1) is 20.2.